The number of nitrogens with zero attached hydrogens (tertiary/aromatic N) is 2. The van der Waals surface area contributed by atoms with E-state index in [-0.39, 0.29) is 0 Å². The molecule has 2 rings (SSSR count). The summed E-state index contributed by atoms with van der Waals surface area (Å²) in [6.07, 6.45) is -0.597. The first kappa shape index (κ1) is 16.7. The van der Waals surface area contributed by atoms with Crippen molar-refractivity contribution in [3.63, 3.8) is 0 Å². The van der Waals surface area contributed by atoms with Crippen LogP contribution in [0.2, 0.25) is 0 Å². The third-order valence-corrected chi connectivity index (χ3v) is 4.95. The summed E-state index contributed by atoms with van der Waals surface area (Å²) in [6.45, 7) is 8.22. The van der Waals surface area contributed by atoms with Gasteiger partial charge in [0.1, 0.15) is 11.9 Å². The molecular weight excluding hydrogens is 336 g/mol. The van der Waals surface area contributed by atoms with Crippen molar-refractivity contribution >= 4 is 15.9 Å². The fourth-order valence-corrected chi connectivity index (χ4v) is 2.61. The van der Waals surface area contributed by atoms with E-state index in [2.05, 4.69) is 15.9 Å². The predicted molar refractivity (Wildman–Crippen MR) is 83.9 cm³/mol. The van der Waals surface area contributed by atoms with Gasteiger partial charge in [-0.25, -0.2) is 0 Å². The van der Waals surface area contributed by atoms with Crippen molar-refractivity contribution in [3.8, 4) is 5.75 Å². The van der Waals surface area contributed by atoms with E-state index in [9.17, 15) is 10.4 Å². The molecule has 1 heterocycles. The minimum atomic E-state index is -0.597. The molecule has 118 valence electrons. The summed E-state index contributed by atoms with van der Waals surface area (Å²) in [4.78, 5) is 0. The Kier molecular flexibility index (Phi) is 4.66. The van der Waals surface area contributed by atoms with Crippen LogP contribution in [0, 0.1) is 0 Å². The molecule has 0 spiro atoms. The topological polar surface area (TPSA) is 56.2 Å². The zero-order chi connectivity index (χ0) is 15.8. The van der Waals surface area contributed by atoms with Crippen LogP contribution in [0.1, 0.15) is 39.4 Å². The van der Waals surface area contributed by atoms with Crippen molar-refractivity contribution in [1.29, 1.82) is 0 Å². The maximum absolute atomic E-state index is 10.5. The fourth-order valence-electron chi connectivity index (χ4n) is 2.45. The van der Waals surface area contributed by atoms with Gasteiger partial charge in [0.25, 0.3) is 0 Å². The lowest BCUT2D eigenvalue weighted by molar-refractivity contribution is -0.223. The van der Waals surface area contributed by atoms with Crippen molar-refractivity contribution in [2.45, 2.75) is 44.9 Å². The smallest absolute Gasteiger partial charge is 0.136 e. The molecule has 0 aliphatic carbocycles. The molecule has 0 atom stereocenters. The first-order valence-electron chi connectivity index (χ1n) is 6.98. The number of alkyl halides is 1. The van der Waals surface area contributed by atoms with Gasteiger partial charge in [0.15, 0.2) is 0 Å². The van der Waals surface area contributed by atoms with Crippen molar-refractivity contribution in [2.75, 3.05) is 11.9 Å². The van der Waals surface area contributed by atoms with Gasteiger partial charge in [-0.2, -0.15) is 10.1 Å². The molecule has 1 aliphatic heterocycles. The van der Waals surface area contributed by atoms with Gasteiger partial charge in [0, 0.05) is 5.33 Å². The largest absolute Gasteiger partial charge is 0.493 e. The van der Waals surface area contributed by atoms with Crippen LogP contribution in [0.4, 0.5) is 0 Å². The number of halogens is 1. The molecule has 1 saturated heterocycles. The SMILES string of the molecule is CC1(C)N(O)C(c2ccc(OCCBr)cc2)N(O)C1(C)C. The fraction of sp³-hybridized carbons (Fsp3) is 0.600. The van der Waals surface area contributed by atoms with Gasteiger partial charge in [-0.1, -0.05) is 28.1 Å². The Morgan fingerprint density at radius 2 is 1.52 bits per heavy atom. The number of rotatable bonds is 4. The van der Waals surface area contributed by atoms with Crippen LogP contribution in [-0.4, -0.2) is 43.6 Å². The third-order valence-electron chi connectivity index (χ3n) is 4.63. The van der Waals surface area contributed by atoms with Gasteiger partial charge >= 0.3 is 0 Å². The highest BCUT2D eigenvalue weighted by molar-refractivity contribution is 9.09. The quantitative estimate of drug-likeness (QED) is 0.807. The van der Waals surface area contributed by atoms with E-state index in [0.717, 1.165) is 16.6 Å². The molecule has 21 heavy (non-hydrogen) atoms. The summed E-state index contributed by atoms with van der Waals surface area (Å²) in [5.74, 6) is 0.767. The van der Waals surface area contributed by atoms with Crippen LogP contribution in [0.25, 0.3) is 0 Å². The van der Waals surface area contributed by atoms with Crippen LogP contribution in [0.5, 0.6) is 5.75 Å². The van der Waals surface area contributed by atoms with Gasteiger partial charge in [-0.05, 0) is 45.4 Å². The highest BCUT2D eigenvalue weighted by atomic mass is 79.9. The minimum absolute atomic E-state index is 0.586. The Labute approximate surface area is 134 Å². The van der Waals surface area contributed by atoms with Gasteiger partial charge in [0.05, 0.1) is 17.7 Å². The van der Waals surface area contributed by atoms with E-state index < -0.39 is 17.2 Å². The molecule has 0 saturated carbocycles. The normalized spacial score (nSPS) is 22.6. The molecule has 0 radical (unpaired) electrons. The Balaban J connectivity index is 2.26. The molecule has 2 N–H and O–H groups in total. The lowest BCUT2D eigenvalue weighted by Crippen LogP contribution is -2.52. The highest BCUT2D eigenvalue weighted by Gasteiger charge is 2.58. The summed E-state index contributed by atoms with van der Waals surface area (Å²) in [5, 5.41) is 24.2. The van der Waals surface area contributed by atoms with Crippen molar-refractivity contribution in [2.24, 2.45) is 0 Å². The van der Waals surface area contributed by atoms with Gasteiger partial charge in [-0.3, -0.25) is 0 Å². The molecule has 1 aromatic carbocycles. The summed E-state index contributed by atoms with van der Waals surface area (Å²) in [7, 11) is 0. The van der Waals surface area contributed by atoms with Crippen LogP contribution in [0.15, 0.2) is 24.3 Å². The molecule has 1 fully saturated rings. The summed E-state index contributed by atoms with van der Waals surface area (Å²) < 4.78 is 5.51. The lowest BCUT2D eigenvalue weighted by Gasteiger charge is -2.37. The van der Waals surface area contributed by atoms with Crippen LogP contribution >= 0.6 is 15.9 Å². The highest BCUT2D eigenvalue weighted by Crippen LogP contribution is 2.47. The average molecular weight is 359 g/mol. The maximum Gasteiger partial charge on any atom is 0.136 e. The second-order valence-electron chi connectivity index (χ2n) is 6.29. The first-order chi connectivity index (χ1) is 9.73. The molecule has 6 heteroatoms. The van der Waals surface area contributed by atoms with E-state index in [1.807, 2.05) is 52.0 Å². The summed E-state index contributed by atoms with van der Waals surface area (Å²) in [5.41, 5.74) is -0.361. The second kappa shape index (κ2) is 5.85. The standard InChI is InChI=1S/C15H23BrN2O3/c1-14(2)15(3,4)18(20)13(17(14)19)11-5-7-12(8-6-11)21-10-9-16/h5-8,13,19-20H,9-10H2,1-4H3. The summed E-state index contributed by atoms with van der Waals surface area (Å²) >= 11 is 3.31. The molecular formula is C15H23BrN2O3. The van der Waals surface area contributed by atoms with Crippen molar-refractivity contribution in [1.82, 2.24) is 10.1 Å². The zero-order valence-corrected chi connectivity index (χ0v) is 14.5. The number of benzene rings is 1. The number of hydroxylamine groups is 4. The van der Waals surface area contributed by atoms with Crippen LogP contribution in [-0.2, 0) is 0 Å². The Hall–Kier alpha value is -0.660. The van der Waals surface area contributed by atoms with Crippen LogP contribution < -0.4 is 4.74 Å². The Morgan fingerprint density at radius 1 is 1.05 bits per heavy atom. The molecule has 5 nitrogen and oxygen atoms in total. The monoisotopic (exact) mass is 358 g/mol. The molecule has 0 aromatic heterocycles. The first-order valence-corrected chi connectivity index (χ1v) is 8.11. The van der Waals surface area contributed by atoms with Gasteiger partial charge in [-0.15, -0.1) is 0 Å². The minimum Gasteiger partial charge on any atom is -0.493 e. The van der Waals surface area contributed by atoms with Crippen molar-refractivity contribution < 1.29 is 15.2 Å². The van der Waals surface area contributed by atoms with E-state index in [0.29, 0.717) is 6.61 Å². The van der Waals surface area contributed by atoms with Gasteiger partial charge < -0.3 is 15.2 Å². The second-order valence-corrected chi connectivity index (χ2v) is 7.08. The van der Waals surface area contributed by atoms with E-state index in [1.165, 1.54) is 10.1 Å². The molecule has 1 aromatic rings. The third kappa shape index (κ3) is 2.71. The van der Waals surface area contributed by atoms with Crippen molar-refractivity contribution in [3.05, 3.63) is 29.8 Å². The van der Waals surface area contributed by atoms with E-state index in [1.54, 1.807) is 0 Å². The average Bonchev–Trinajstić information content (AvgIpc) is 2.56. The summed E-state index contributed by atoms with van der Waals surface area (Å²) in [6, 6.07) is 7.41. The maximum atomic E-state index is 10.5. The molecule has 0 bridgehead atoms. The number of hydrogen-bond donors (Lipinski definition) is 2. The van der Waals surface area contributed by atoms with Crippen LogP contribution in [0.3, 0.4) is 0 Å². The Bertz CT molecular complexity index is 470. The lowest BCUT2D eigenvalue weighted by atomic mass is 9.84. The molecule has 0 amide bonds. The molecule has 0 unspecified atom stereocenters. The number of ether oxygens (including phenoxy) is 1. The molecule has 1 aliphatic rings. The van der Waals surface area contributed by atoms with E-state index >= 15 is 0 Å². The van der Waals surface area contributed by atoms with E-state index in [4.69, 9.17) is 4.74 Å². The van der Waals surface area contributed by atoms with Gasteiger partial charge in [0.2, 0.25) is 0 Å². The Morgan fingerprint density at radius 3 is 1.95 bits per heavy atom. The zero-order valence-electron chi connectivity index (χ0n) is 12.9. The predicted octanol–water partition coefficient (Wildman–Crippen LogP) is 3.41. The number of hydrogen-bond acceptors (Lipinski definition) is 5.